The van der Waals surface area contributed by atoms with Crippen molar-refractivity contribution in [1.29, 1.82) is 0 Å². The minimum Gasteiger partial charge on any atom is -0.493 e. The maximum Gasteiger partial charge on any atom is 0.339 e. The highest BCUT2D eigenvalue weighted by Gasteiger charge is 2.57. The van der Waals surface area contributed by atoms with E-state index >= 15 is 0 Å². The smallest absolute Gasteiger partial charge is 0.339 e. The zero-order valence-corrected chi connectivity index (χ0v) is 17.6. The number of likely N-dealkylation sites (N-methyl/N-ethyl adjacent to an activating group) is 1. The van der Waals surface area contributed by atoms with E-state index in [4.69, 9.17) is 24.0 Å². The third kappa shape index (κ3) is 3.65. The van der Waals surface area contributed by atoms with Crippen molar-refractivity contribution in [1.82, 2.24) is 4.90 Å². The van der Waals surface area contributed by atoms with Gasteiger partial charge in [-0.2, -0.15) is 0 Å². The Morgan fingerprint density at radius 3 is 2.73 bits per heavy atom. The van der Waals surface area contributed by atoms with Gasteiger partial charge in [0.25, 0.3) is 0 Å². The van der Waals surface area contributed by atoms with Crippen molar-refractivity contribution in [2.75, 3.05) is 20.7 Å². The quantitative estimate of drug-likeness (QED) is 0.243. The Morgan fingerprint density at radius 2 is 2.03 bits per heavy atom. The highest BCUT2D eigenvalue weighted by molar-refractivity contribution is 5.67. The molecule has 0 unspecified atom stereocenters. The molecule has 1 aromatic carbocycles. The lowest BCUT2D eigenvalue weighted by Crippen LogP contribution is -2.61. The number of carbonyl (C=O) groups is 2. The van der Waals surface area contributed by atoms with Crippen LogP contribution in [0.25, 0.3) is 0 Å². The Morgan fingerprint density at radius 1 is 1.23 bits per heavy atom. The van der Waals surface area contributed by atoms with E-state index in [-0.39, 0.29) is 17.9 Å². The molecule has 8 nitrogen and oxygen atoms in total. The van der Waals surface area contributed by atoms with Gasteiger partial charge in [0, 0.05) is 25.8 Å². The fourth-order valence-electron chi connectivity index (χ4n) is 4.87. The summed E-state index contributed by atoms with van der Waals surface area (Å²) < 4.78 is 17.6. The van der Waals surface area contributed by atoms with Crippen LogP contribution in [0.1, 0.15) is 25.8 Å². The topological polar surface area (TPSA) is 83.5 Å². The van der Waals surface area contributed by atoms with E-state index in [1.54, 1.807) is 13.2 Å². The Labute approximate surface area is 175 Å². The van der Waals surface area contributed by atoms with Crippen molar-refractivity contribution in [3.8, 4) is 11.5 Å². The molecule has 2 heterocycles. The number of fused-ring (bicyclic) bond motifs is 2. The first-order valence-electron chi connectivity index (χ1n) is 10.1. The minimum absolute atomic E-state index is 0.0231. The van der Waals surface area contributed by atoms with Crippen LogP contribution in [0, 0.1) is 11.8 Å². The van der Waals surface area contributed by atoms with Crippen LogP contribution >= 0.6 is 0 Å². The normalized spacial score (nSPS) is 32.1. The second-order valence-corrected chi connectivity index (χ2v) is 8.14. The Hall–Kier alpha value is -2.58. The summed E-state index contributed by atoms with van der Waals surface area (Å²) in [5, 5.41) is 0. The number of piperidine rings is 1. The first-order chi connectivity index (χ1) is 14.3. The number of likely N-dealkylation sites (tertiary alicyclic amines) is 1. The fourth-order valence-corrected chi connectivity index (χ4v) is 4.87. The lowest BCUT2D eigenvalue weighted by Gasteiger charge is -2.50. The number of carbonyl (C=O) groups excluding carboxylic acids is 2. The van der Waals surface area contributed by atoms with Crippen LogP contribution < -0.4 is 9.47 Å². The summed E-state index contributed by atoms with van der Waals surface area (Å²) in [6.45, 7) is 3.36. The molecule has 4 rings (SSSR count). The molecule has 162 valence electrons. The molecule has 5 atom stereocenters. The number of nitrogens with zero attached hydrogens (tertiary/aromatic N) is 1. The molecule has 0 aromatic heterocycles. The fraction of sp³-hybridized carbons (Fsp3) is 0.545. The summed E-state index contributed by atoms with van der Waals surface area (Å²) in [7, 11) is 3.70. The average molecular weight is 417 g/mol. The first kappa shape index (κ1) is 20.7. The van der Waals surface area contributed by atoms with Crippen molar-refractivity contribution in [3.05, 3.63) is 35.9 Å². The average Bonchev–Trinajstić information content (AvgIpc) is 2.71. The molecule has 0 N–H and O–H groups in total. The number of hydrogen-bond donors (Lipinski definition) is 0. The monoisotopic (exact) mass is 417 g/mol. The molecule has 2 aliphatic heterocycles. The highest BCUT2D eigenvalue weighted by Crippen LogP contribution is 2.47. The predicted octanol–water partition coefficient (Wildman–Crippen LogP) is 2.26. The van der Waals surface area contributed by atoms with Crippen LogP contribution in [0.3, 0.4) is 0 Å². The Bertz CT molecular complexity index is 869. The second kappa shape index (κ2) is 7.92. The number of ether oxygens (including phenoxy) is 3. The van der Waals surface area contributed by atoms with E-state index in [2.05, 4.69) is 11.9 Å². The van der Waals surface area contributed by atoms with Gasteiger partial charge in [-0.15, -0.1) is 4.89 Å². The van der Waals surface area contributed by atoms with Gasteiger partial charge in [-0.3, -0.25) is 9.68 Å². The number of hydrogen-bond acceptors (Lipinski definition) is 8. The van der Waals surface area contributed by atoms with E-state index < -0.39 is 23.8 Å². The van der Waals surface area contributed by atoms with Gasteiger partial charge >= 0.3 is 17.7 Å². The number of esters is 1. The van der Waals surface area contributed by atoms with Gasteiger partial charge in [0.2, 0.25) is 0 Å². The first-order valence-corrected chi connectivity index (χ1v) is 10.1. The largest absolute Gasteiger partial charge is 0.493 e. The zero-order valence-electron chi connectivity index (χ0n) is 17.6. The van der Waals surface area contributed by atoms with Gasteiger partial charge in [-0.25, -0.2) is 4.79 Å². The van der Waals surface area contributed by atoms with E-state index in [1.807, 2.05) is 24.3 Å². The van der Waals surface area contributed by atoms with E-state index in [0.29, 0.717) is 11.5 Å². The summed E-state index contributed by atoms with van der Waals surface area (Å²) in [4.78, 5) is 36.2. The van der Waals surface area contributed by atoms with Crippen LogP contribution in [0.15, 0.2) is 30.4 Å². The summed E-state index contributed by atoms with van der Waals surface area (Å²) in [5.74, 6) is -1.68. The van der Waals surface area contributed by atoms with Gasteiger partial charge in [-0.05, 0) is 56.1 Å². The van der Waals surface area contributed by atoms with E-state index in [0.717, 1.165) is 24.9 Å². The molecule has 1 saturated heterocycles. The van der Waals surface area contributed by atoms with Crippen molar-refractivity contribution < 1.29 is 33.6 Å². The van der Waals surface area contributed by atoms with Crippen molar-refractivity contribution in [2.24, 2.45) is 11.8 Å². The van der Waals surface area contributed by atoms with Gasteiger partial charge in [0.15, 0.2) is 17.6 Å². The standard InChI is InChI=1S/C22H27NO7/c1-13(24)28-22(30-29-14(2)25)9-7-16-17-8-10-23(3)18(16)11-15-5-6-19(26-4)20(12-15)27-21(17)22/h5-7,9,12,16-18,21H,8,10-11H2,1-4H3/t16-,17+,18-,21-,22+/m1/s1. The second-order valence-electron chi connectivity index (χ2n) is 8.14. The molecular weight excluding hydrogens is 390 g/mol. The molecule has 3 aliphatic rings. The molecule has 8 heteroatoms. The molecule has 6 bridgehead atoms. The van der Waals surface area contributed by atoms with E-state index in [1.165, 1.54) is 13.8 Å². The summed E-state index contributed by atoms with van der Waals surface area (Å²) in [6, 6.07) is 6.11. The van der Waals surface area contributed by atoms with Crippen molar-refractivity contribution >= 4 is 11.9 Å². The van der Waals surface area contributed by atoms with Gasteiger partial charge in [0.05, 0.1) is 7.11 Å². The maximum absolute atomic E-state index is 12.0. The maximum atomic E-state index is 12.0. The molecule has 0 saturated carbocycles. The molecule has 0 amide bonds. The molecule has 30 heavy (non-hydrogen) atoms. The minimum atomic E-state index is -1.69. The van der Waals surface area contributed by atoms with Gasteiger partial charge in [-0.1, -0.05) is 12.1 Å². The number of methoxy groups -OCH3 is 1. The number of benzene rings is 1. The molecular formula is C22H27NO7. The molecule has 1 fully saturated rings. The van der Waals surface area contributed by atoms with Gasteiger partial charge < -0.3 is 19.1 Å². The van der Waals surface area contributed by atoms with Crippen LogP contribution in [0.4, 0.5) is 0 Å². The number of rotatable bonds is 4. The van der Waals surface area contributed by atoms with Crippen molar-refractivity contribution in [3.63, 3.8) is 0 Å². The van der Waals surface area contributed by atoms with Crippen LogP contribution in [-0.4, -0.2) is 55.5 Å². The van der Waals surface area contributed by atoms with Crippen LogP contribution in [0.2, 0.25) is 0 Å². The summed E-state index contributed by atoms with van der Waals surface area (Å²) in [6.07, 6.45) is 4.57. The Balaban J connectivity index is 1.85. The Kier molecular flexibility index (Phi) is 5.46. The van der Waals surface area contributed by atoms with Crippen LogP contribution in [0.5, 0.6) is 11.5 Å². The predicted molar refractivity (Wildman–Crippen MR) is 106 cm³/mol. The third-order valence-electron chi connectivity index (χ3n) is 6.18. The molecule has 1 aliphatic carbocycles. The highest BCUT2D eigenvalue weighted by atomic mass is 17.2. The zero-order chi connectivity index (χ0) is 21.5. The molecule has 0 radical (unpaired) electrons. The SMILES string of the molecule is COc1ccc2cc1O[C@@H]1[C@H]3CCN(C)[C@H](C2)[C@@H]3C=C[C@@]1(OOC(C)=O)OC(C)=O. The van der Waals surface area contributed by atoms with E-state index in [9.17, 15) is 9.59 Å². The van der Waals surface area contributed by atoms with Crippen LogP contribution in [-0.2, 0) is 30.5 Å². The third-order valence-corrected chi connectivity index (χ3v) is 6.18. The summed E-state index contributed by atoms with van der Waals surface area (Å²) >= 11 is 0. The summed E-state index contributed by atoms with van der Waals surface area (Å²) in [5.41, 5.74) is 1.13. The lowest BCUT2D eigenvalue weighted by atomic mass is 9.70. The molecule has 1 aromatic rings. The van der Waals surface area contributed by atoms with Crippen molar-refractivity contribution in [2.45, 2.75) is 44.6 Å². The lowest BCUT2D eigenvalue weighted by molar-refractivity contribution is -0.400. The molecule has 0 spiro atoms. The van der Waals surface area contributed by atoms with Gasteiger partial charge in [0.1, 0.15) is 0 Å².